The molecule has 22 heavy (non-hydrogen) atoms. The van der Waals surface area contributed by atoms with E-state index < -0.39 is 10.8 Å². The molecule has 4 rings (SSSR count). The van der Waals surface area contributed by atoms with Crippen LogP contribution in [0.1, 0.15) is 46.5 Å². The molecular formula is C19H24O3. The molecule has 1 N–H and O–H groups in total. The first-order valence-electron chi connectivity index (χ1n) is 8.55. The van der Waals surface area contributed by atoms with Crippen LogP contribution in [-0.2, 0) is 9.59 Å². The Balaban J connectivity index is 2.09. The van der Waals surface area contributed by atoms with Gasteiger partial charge in [0.05, 0.1) is 10.8 Å². The molecule has 4 aliphatic carbocycles. The lowest BCUT2D eigenvalue weighted by atomic mass is 9.39. The Labute approximate surface area is 131 Å². The van der Waals surface area contributed by atoms with Gasteiger partial charge in [0.1, 0.15) is 0 Å². The molecule has 4 aliphatic rings. The number of hydrogen-bond acceptors (Lipinski definition) is 3. The maximum Gasteiger partial charge on any atom is 0.205 e. The van der Waals surface area contributed by atoms with Crippen LogP contribution >= 0.6 is 0 Å². The van der Waals surface area contributed by atoms with Crippen LogP contribution in [0.3, 0.4) is 0 Å². The highest BCUT2D eigenvalue weighted by Crippen LogP contribution is 2.73. The standard InChI is InChI=1S/C19H24O3/c1-10-9-13-5-4-8-18-11(2)6-7-14(10)19(13,18)16(21)12(3)15(20)17(18)22/h4-5,10-11,13-14,20H,6-9H2,1-3H3/t10-,11-,13+,14+,18+,19?/m0/s1. The van der Waals surface area contributed by atoms with Crippen molar-refractivity contribution in [3.8, 4) is 0 Å². The van der Waals surface area contributed by atoms with Crippen LogP contribution in [0.2, 0.25) is 0 Å². The number of carbonyl (C=O) groups excluding carboxylic acids is 2. The lowest BCUT2D eigenvalue weighted by Crippen LogP contribution is -2.66. The molecule has 1 spiro atoms. The Morgan fingerprint density at radius 3 is 2.64 bits per heavy atom. The third kappa shape index (κ3) is 1.19. The summed E-state index contributed by atoms with van der Waals surface area (Å²) in [6.45, 7) is 5.98. The highest BCUT2D eigenvalue weighted by atomic mass is 16.3. The molecule has 3 nitrogen and oxygen atoms in total. The Hall–Kier alpha value is -1.38. The third-order valence-corrected chi connectivity index (χ3v) is 7.47. The summed E-state index contributed by atoms with van der Waals surface area (Å²) in [6.07, 6.45) is 7.88. The molecule has 0 aliphatic heterocycles. The predicted molar refractivity (Wildman–Crippen MR) is 83.1 cm³/mol. The minimum absolute atomic E-state index is 0.0554. The zero-order chi connectivity index (χ0) is 15.9. The zero-order valence-corrected chi connectivity index (χ0v) is 13.6. The summed E-state index contributed by atoms with van der Waals surface area (Å²) in [7, 11) is 0. The number of carbonyl (C=O) groups is 2. The van der Waals surface area contributed by atoms with Crippen molar-refractivity contribution >= 4 is 11.6 Å². The second-order valence-electron chi connectivity index (χ2n) is 8.01. The Morgan fingerprint density at radius 2 is 1.91 bits per heavy atom. The van der Waals surface area contributed by atoms with Crippen LogP contribution in [0.5, 0.6) is 0 Å². The number of Topliss-reactive ketones (excluding diaryl/α,β-unsaturated/α-hetero) is 2. The van der Waals surface area contributed by atoms with Crippen LogP contribution in [0.4, 0.5) is 0 Å². The van der Waals surface area contributed by atoms with Crippen LogP contribution in [0.25, 0.3) is 0 Å². The van der Waals surface area contributed by atoms with E-state index in [2.05, 4.69) is 26.0 Å². The van der Waals surface area contributed by atoms with Crippen LogP contribution in [-0.4, -0.2) is 16.7 Å². The van der Waals surface area contributed by atoms with Crippen LogP contribution < -0.4 is 0 Å². The minimum atomic E-state index is -0.708. The maximum absolute atomic E-state index is 13.4. The monoisotopic (exact) mass is 300 g/mol. The fourth-order valence-electron chi connectivity index (χ4n) is 6.59. The summed E-state index contributed by atoms with van der Waals surface area (Å²) < 4.78 is 0. The molecule has 0 radical (unpaired) electrons. The van der Waals surface area contributed by atoms with Crippen molar-refractivity contribution in [2.75, 3.05) is 0 Å². The van der Waals surface area contributed by atoms with Crippen molar-refractivity contribution < 1.29 is 14.7 Å². The van der Waals surface area contributed by atoms with Crippen molar-refractivity contribution in [2.45, 2.75) is 46.5 Å². The summed E-state index contributed by atoms with van der Waals surface area (Å²) in [4.78, 5) is 26.6. The molecule has 2 saturated carbocycles. The number of allylic oxidation sites excluding steroid dienone is 4. The predicted octanol–water partition coefficient (Wildman–Crippen LogP) is 3.61. The molecule has 0 aromatic rings. The number of ketones is 2. The molecule has 0 heterocycles. The number of aliphatic hydroxyl groups excluding tert-OH is 1. The van der Waals surface area contributed by atoms with Crippen molar-refractivity contribution in [1.29, 1.82) is 0 Å². The van der Waals surface area contributed by atoms with Gasteiger partial charge in [-0.2, -0.15) is 0 Å². The molecule has 1 unspecified atom stereocenters. The fourth-order valence-corrected chi connectivity index (χ4v) is 6.59. The normalized spacial score (nSPS) is 50.1. The third-order valence-electron chi connectivity index (χ3n) is 7.47. The van der Waals surface area contributed by atoms with Gasteiger partial charge in [-0.25, -0.2) is 0 Å². The van der Waals surface area contributed by atoms with Gasteiger partial charge in [-0.05, 0) is 56.3 Å². The zero-order valence-electron chi connectivity index (χ0n) is 13.6. The second kappa shape index (κ2) is 4.12. The molecule has 0 saturated heterocycles. The first-order chi connectivity index (χ1) is 10.4. The van der Waals surface area contributed by atoms with Crippen LogP contribution in [0.15, 0.2) is 23.5 Å². The van der Waals surface area contributed by atoms with Gasteiger partial charge in [0.25, 0.3) is 0 Å². The molecule has 3 heteroatoms. The fraction of sp³-hybridized carbons (Fsp3) is 0.684. The van der Waals surface area contributed by atoms with E-state index in [1.807, 2.05) is 0 Å². The van der Waals surface area contributed by atoms with Gasteiger partial charge < -0.3 is 5.11 Å². The minimum Gasteiger partial charge on any atom is -0.504 e. The maximum atomic E-state index is 13.4. The summed E-state index contributed by atoms with van der Waals surface area (Å²) in [5, 5.41) is 10.3. The topological polar surface area (TPSA) is 54.4 Å². The largest absolute Gasteiger partial charge is 0.504 e. The summed E-state index contributed by atoms with van der Waals surface area (Å²) in [6, 6.07) is 0. The Kier molecular flexibility index (Phi) is 2.67. The van der Waals surface area contributed by atoms with Gasteiger partial charge >= 0.3 is 0 Å². The van der Waals surface area contributed by atoms with E-state index >= 15 is 0 Å². The van der Waals surface area contributed by atoms with Crippen molar-refractivity contribution in [3.63, 3.8) is 0 Å². The van der Waals surface area contributed by atoms with Gasteiger partial charge in [0.15, 0.2) is 11.5 Å². The smallest absolute Gasteiger partial charge is 0.205 e. The molecule has 0 amide bonds. The average molecular weight is 300 g/mol. The van der Waals surface area contributed by atoms with Crippen molar-refractivity contribution in [2.24, 2.45) is 34.5 Å². The first kappa shape index (κ1) is 14.2. The first-order valence-corrected chi connectivity index (χ1v) is 8.55. The van der Waals surface area contributed by atoms with Crippen molar-refractivity contribution in [1.82, 2.24) is 0 Å². The number of rotatable bonds is 0. The van der Waals surface area contributed by atoms with E-state index in [1.54, 1.807) is 6.92 Å². The summed E-state index contributed by atoms with van der Waals surface area (Å²) in [5.41, 5.74) is -0.998. The quantitative estimate of drug-likeness (QED) is 0.695. The molecule has 0 aromatic heterocycles. The van der Waals surface area contributed by atoms with E-state index in [-0.39, 0.29) is 35.1 Å². The average Bonchev–Trinajstić information content (AvgIpc) is 2.80. The molecule has 6 atom stereocenters. The second-order valence-corrected chi connectivity index (χ2v) is 8.01. The highest BCUT2D eigenvalue weighted by Gasteiger charge is 2.75. The SMILES string of the molecule is CC1=C(O)C(=O)[C@@]23CC=C[C@@H]4C[C@H](C)[C@@H](CC[C@@H]2C)C43C1=O. The lowest BCUT2D eigenvalue weighted by Gasteiger charge is -2.61. The number of aliphatic hydroxyl groups is 1. The highest BCUT2D eigenvalue weighted by molar-refractivity contribution is 6.17. The molecule has 2 fully saturated rings. The van der Waals surface area contributed by atoms with E-state index in [4.69, 9.17) is 0 Å². The summed E-state index contributed by atoms with van der Waals surface area (Å²) >= 11 is 0. The molecular weight excluding hydrogens is 276 g/mol. The van der Waals surface area contributed by atoms with Gasteiger partial charge in [-0.1, -0.05) is 26.0 Å². The van der Waals surface area contributed by atoms with Gasteiger partial charge in [0.2, 0.25) is 5.78 Å². The van der Waals surface area contributed by atoms with E-state index in [0.29, 0.717) is 17.9 Å². The molecule has 0 bridgehead atoms. The van der Waals surface area contributed by atoms with E-state index in [0.717, 1.165) is 19.3 Å². The van der Waals surface area contributed by atoms with Crippen LogP contribution in [0, 0.1) is 34.5 Å². The van der Waals surface area contributed by atoms with E-state index in [1.165, 1.54) is 0 Å². The van der Waals surface area contributed by atoms with E-state index in [9.17, 15) is 14.7 Å². The summed E-state index contributed by atoms with van der Waals surface area (Å²) in [5.74, 6) is 0.668. The Bertz CT molecular complexity index is 643. The lowest BCUT2D eigenvalue weighted by molar-refractivity contribution is -0.173. The molecule has 118 valence electrons. The Morgan fingerprint density at radius 1 is 1.18 bits per heavy atom. The van der Waals surface area contributed by atoms with Crippen molar-refractivity contribution in [3.05, 3.63) is 23.5 Å². The number of hydrogen-bond donors (Lipinski definition) is 1. The van der Waals surface area contributed by atoms with Gasteiger partial charge in [-0.3, -0.25) is 9.59 Å². The van der Waals surface area contributed by atoms with Gasteiger partial charge in [-0.15, -0.1) is 0 Å². The van der Waals surface area contributed by atoms with Gasteiger partial charge in [0, 0.05) is 5.57 Å². The molecule has 0 aromatic carbocycles.